The van der Waals surface area contributed by atoms with Gasteiger partial charge in [-0.15, -0.1) is 0 Å². The van der Waals surface area contributed by atoms with Crippen molar-refractivity contribution in [2.24, 2.45) is 5.92 Å². The van der Waals surface area contributed by atoms with Gasteiger partial charge in [0.05, 0.1) is 12.7 Å². The minimum atomic E-state index is -0.518. The van der Waals surface area contributed by atoms with Gasteiger partial charge in [-0.1, -0.05) is 25.8 Å². The molecule has 0 aromatic heterocycles. The molecule has 2 rings (SSSR count). The van der Waals surface area contributed by atoms with Crippen LogP contribution in [0.2, 0.25) is 0 Å². The van der Waals surface area contributed by atoms with Crippen molar-refractivity contribution in [2.45, 2.75) is 45.6 Å². The maximum absolute atomic E-state index is 12.0. The molecule has 0 aliphatic heterocycles. The number of nitrogens with one attached hydrogen (secondary N) is 1. The number of methoxy groups -OCH3 is 1. The first kappa shape index (κ1) is 17.3. The summed E-state index contributed by atoms with van der Waals surface area (Å²) in [6.07, 6.45) is 4.49. The molecule has 1 aliphatic carbocycles. The number of hydrogen-bond acceptors (Lipinski definition) is 4. The van der Waals surface area contributed by atoms with Gasteiger partial charge < -0.3 is 14.8 Å². The SMILES string of the molecule is COc1cc(C(=O)OCC(=O)N[C@H]2CCCC[C@@H]2C)ccc1C. The lowest BCUT2D eigenvalue weighted by atomic mass is 9.86. The number of hydrogen-bond donors (Lipinski definition) is 1. The third-order valence-electron chi connectivity index (χ3n) is 4.44. The lowest BCUT2D eigenvalue weighted by Gasteiger charge is -2.29. The molecule has 0 bridgehead atoms. The Labute approximate surface area is 137 Å². The van der Waals surface area contributed by atoms with Crippen LogP contribution in [0.1, 0.15) is 48.5 Å². The smallest absolute Gasteiger partial charge is 0.338 e. The summed E-state index contributed by atoms with van der Waals surface area (Å²) in [5.74, 6) is 0.344. The van der Waals surface area contributed by atoms with Gasteiger partial charge in [0.2, 0.25) is 0 Å². The summed E-state index contributed by atoms with van der Waals surface area (Å²) in [5, 5.41) is 2.97. The van der Waals surface area contributed by atoms with Crippen LogP contribution >= 0.6 is 0 Å². The lowest BCUT2D eigenvalue weighted by Crippen LogP contribution is -2.42. The molecule has 0 unspecified atom stereocenters. The highest BCUT2D eigenvalue weighted by molar-refractivity contribution is 5.91. The number of rotatable bonds is 5. The number of carbonyl (C=O) groups excluding carboxylic acids is 2. The molecule has 1 aromatic rings. The van der Waals surface area contributed by atoms with Crippen LogP contribution in [0.25, 0.3) is 0 Å². The van der Waals surface area contributed by atoms with Crippen molar-refractivity contribution in [1.29, 1.82) is 0 Å². The number of carbonyl (C=O) groups is 2. The van der Waals surface area contributed by atoms with Gasteiger partial charge in [-0.25, -0.2) is 4.79 Å². The maximum Gasteiger partial charge on any atom is 0.338 e. The Bertz CT molecular complexity index is 570. The number of benzene rings is 1. The first-order valence-electron chi connectivity index (χ1n) is 8.12. The minimum Gasteiger partial charge on any atom is -0.496 e. The topological polar surface area (TPSA) is 64.6 Å². The second-order valence-electron chi connectivity index (χ2n) is 6.20. The van der Waals surface area contributed by atoms with Crippen molar-refractivity contribution in [2.75, 3.05) is 13.7 Å². The normalized spacial score (nSPS) is 20.7. The molecule has 1 saturated carbocycles. The second kappa shape index (κ2) is 7.99. The highest BCUT2D eigenvalue weighted by Crippen LogP contribution is 2.23. The van der Waals surface area contributed by atoms with Crippen LogP contribution in [0.5, 0.6) is 5.75 Å². The van der Waals surface area contributed by atoms with Crippen molar-refractivity contribution < 1.29 is 19.1 Å². The zero-order valence-corrected chi connectivity index (χ0v) is 14.1. The molecule has 1 aromatic carbocycles. The Hall–Kier alpha value is -2.04. The van der Waals surface area contributed by atoms with E-state index in [-0.39, 0.29) is 18.6 Å². The van der Waals surface area contributed by atoms with Gasteiger partial charge in [-0.05, 0) is 43.4 Å². The van der Waals surface area contributed by atoms with E-state index in [1.807, 2.05) is 6.92 Å². The summed E-state index contributed by atoms with van der Waals surface area (Å²) in [6, 6.07) is 5.27. The van der Waals surface area contributed by atoms with Crippen LogP contribution in [-0.4, -0.2) is 31.6 Å². The molecule has 5 heteroatoms. The van der Waals surface area contributed by atoms with E-state index in [9.17, 15) is 9.59 Å². The van der Waals surface area contributed by atoms with E-state index >= 15 is 0 Å². The van der Waals surface area contributed by atoms with E-state index in [0.29, 0.717) is 17.2 Å². The Morgan fingerprint density at radius 2 is 2.00 bits per heavy atom. The fourth-order valence-electron chi connectivity index (χ4n) is 2.94. The van der Waals surface area contributed by atoms with Gasteiger partial charge in [0.15, 0.2) is 6.61 Å². The lowest BCUT2D eigenvalue weighted by molar-refractivity contribution is -0.125. The predicted octanol–water partition coefficient (Wildman–Crippen LogP) is 2.86. The average Bonchev–Trinajstić information content (AvgIpc) is 2.55. The minimum absolute atomic E-state index is 0.189. The van der Waals surface area contributed by atoms with Crippen molar-refractivity contribution in [1.82, 2.24) is 5.32 Å². The third kappa shape index (κ3) is 4.71. The molecule has 1 N–H and O–H groups in total. The maximum atomic E-state index is 12.0. The molecular weight excluding hydrogens is 294 g/mol. The molecule has 1 amide bonds. The Morgan fingerprint density at radius 3 is 2.70 bits per heavy atom. The summed E-state index contributed by atoms with van der Waals surface area (Å²) in [5.41, 5.74) is 1.32. The Kier molecular flexibility index (Phi) is 6.02. The quantitative estimate of drug-likeness (QED) is 0.848. The zero-order chi connectivity index (χ0) is 16.8. The van der Waals surface area contributed by atoms with E-state index in [2.05, 4.69) is 12.2 Å². The van der Waals surface area contributed by atoms with E-state index in [0.717, 1.165) is 24.8 Å². The fourth-order valence-corrected chi connectivity index (χ4v) is 2.94. The van der Waals surface area contributed by atoms with Crippen molar-refractivity contribution in [3.05, 3.63) is 29.3 Å². The highest BCUT2D eigenvalue weighted by Gasteiger charge is 2.23. The van der Waals surface area contributed by atoms with Crippen LogP contribution in [-0.2, 0) is 9.53 Å². The molecular formula is C18H25NO4. The van der Waals surface area contributed by atoms with E-state index < -0.39 is 5.97 Å². The molecule has 0 saturated heterocycles. The Balaban J connectivity index is 1.85. The van der Waals surface area contributed by atoms with Gasteiger partial charge in [0, 0.05) is 6.04 Å². The second-order valence-corrected chi connectivity index (χ2v) is 6.20. The van der Waals surface area contributed by atoms with Crippen molar-refractivity contribution in [3.63, 3.8) is 0 Å². The number of esters is 1. The molecule has 2 atom stereocenters. The molecule has 0 spiro atoms. The molecule has 1 aliphatic rings. The van der Waals surface area contributed by atoms with Gasteiger partial charge in [0.25, 0.3) is 5.91 Å². The molecule has 0 heterocycles. The number of ether oxygens (including phenoxy) is 2. The molecule has 0 radical (unpaired) electrons. The van der Waals surface area contributed by atoms with E-state index in [4.69, 9.17) is 9.47 Å². The molecule has 23 heavy (non-hydrogen) atoms. The van der Waals surface area contributed by atoms with Crippen LogP contribution in [0.15, 0.2) is 18.2 Å². The summed E-state index contributed by atoms with van der Waals surface area (Å²) in [7, 11) is 1.55. The molecule has 5 nitrogen and oxygen atoms in total. The van der Waals surface area contributed by atoms with Crippen LogP contribution < -0.4 is 10.1 Å². The number of aryl methyl sites for hydroxylation is 1. The Morgan fingerprint density at radius 1 is 1.26 bits per heavy atom. The van der Waals surface area contributed by atoms with Crippen molar-refractivity contribution >= 4 is 11.9 Å². The van der Waals surface area contributed by atoms with Crippen LogP contribution in [0.4, 0.5) is 0 Å². The average molecular weight is 319 g/mol. The largest absolute Gasteiger partial charge is 0.496 e. The van der Waals surface area contributed by atoms with Gasteiger partial charge in [-0.3, -0.25) is 4.79 Å². The van der Waals surface area contributed by atoms with Crippen LogP contribution in [0.3, 0.4) is 0 Å². The van der Waals surface area contributed by atoms with Gasteiger partial charge >= 0.3 is 5.97 Å². The van der Waals surface area contributed by atoms with Crippen LogP contribution in [0, 0.1) is 12.8 Å². The summed E-state index contributed by atoms with van der Waals surface area (Å²) >= 11 is 0. The van der Waals surface area contributed by atoms with Gasteiger partial charge in [-0.2, -0.15) is 0 Å². The van der Waals surface area contributed by atoms with E-state index in [1.54, 1.807) is 25.3 Å². The number of amides is 1. The molecule has 126 valence electrons. The fraction of sp³-hybridized carbons (Fsp3) is 0.556. The van der Waals surface area contributed by atoms with Gasteiger partial charge in [0.1, 0.15) is 5.75 Å². The summed E-state index contributed by atoms with van der Waals surface area (Å²) < 4.78 is 10.3. The monoisotopic (exact) mass is 319 g/mol. The summed E-state index contributed by atoms with van der Waals surface area (Å²) in [4.78, 5) is 24.0. The highest BCUT2D eigenvalue weighted by atomic mass is 16.5. The standard InChI is InChI=1S/C18H25NO4/c1-12-6-4-5-7-15(12)19-17(20)11-23-18(21)14-9-8-13(2)16(10-14)22-3/h8-10,12,15H,4-7,11H2,1-3H3,(H,19,20)/t12-,15-/m0/s1. The van der Waals surface area contributed by atoms with Crippen molar-refractivity contribution in [3.8, 4) is 5.75 Å². The van der Waals surface area contributed by atoms with E-state index in [1.165, 1.54) is 6.42 Å². The predicted molar refractivity (Wildman–Crippen MR) is 87.6 cm³/mol. The summed E-state index contributed by atoms with van der Waals surface area (Å²) in [6.45, 7) is 3.79. The third-order valence-corrected chi connectivity index (χ3v) is 4.44. The first-order chi connectivity index (χ1) is 11.0. The zero-order valence-electron chi connectivity index (χ0n) is 14.1. The first-order valence-corrected chi connectivity index (χ1v) is 8.12. The molecule has 1 fully saturated rings.